The van der Waals surface area contributed by atoms with Gasteiger partial charge in [-0.15, -0.1) is 0 Å². The summed E-state index contributed by atoms with van der Waals surface area (Å²) < 4.78 is 0. The van der Waals surface area contributed by atoms with E-state index in [1.54, 1.807) is 0 Å². The van der Waals surface area contributed by atoms with Gasteiger partial charge in [-0.1, -0.05) is 36.4 Å². The monoisotopic (exact) mass is 296 g/mol. The molecule has 82 valence electrons. The van der Waals surface area contributed by atoms with Gasteiger partial charge in [0.05, 0.1) is 0 Å². The fraction of sp³-hybridized carbons (Fsp3) is 0.200. The Morgan fingerprint density at radius 3 is 2.44 bits per heavy atom. The van der Waals surface area contributed by atoms with E-state index >= 15 is 0 Å². The second-order valence-electron chi connectivity index (χ2n) is 4.37. The Morgan fingerprint density at radius 1 is 0.875 bits per heavy atom. The molecule has 0 aliphatic heterocycles. The summed E-state index contributed by atoms with van der Waals surface area (Å²) in [6.07, 6.45) is 1.11. The third-order valence-electron chi connectivity index (χ3n) is 3.54. The van der Waals surface area contributed by atoms with E-state index in [0.29, 0.717) is 0 Å². The second kappa shape index (κ2) is 4.14. The average molecular weight is 295 g/mol. The van der Waals surface area contributed by atoms with Gasteiger partial charge in [0.1, 0.15) is 0 Å². The van der Waals surface area contributed by atoms with Crippen LogP contribution in [-0.4, -0.2) is 0 Å². The molecule has 0 heterocycles. The Hall–Kier alpha value is -0.937. The van der Waals surface area contributed by atoms with Gasteiger partial charge >= 0.3 is 0 Å². The van der Waals surface area contributed by atoms with Gasteiger partial charge in [-0.2, -0.15) is 0 Å². The van der Waals surface area contributed by atoms with Gasteiger partial charge in [-0.05, 0) is 53.6 Å². The number of fused-ring (bicyclic) bond motifs is 3. The van der Waals surface area contributed by atoms with Crippen LogP contribution in [0.5, 0.6) is 0 Å². The van der Waals surface area contributed by atoms with Crippen LogP contribution in [0.3, 0.4) is 0 Å². The molecule has 1 aliphatic rings. The topological polar surface area (TPSA) is 0 Å². The summed E-state index contributed by atoms with van der Waals surface area (Å²) in [5.41, 5.74) is 8.73. The molecular weight excluding hydrogens is 281 g/mol. The maximum atomic E-state index is 2.27. The van der Waals surface area contributed by atoms with Gasteiger partial charge in [-0.25, -0.2) is 0 Å². The molecule has 2 aromatic rings. The summed E-state index contributed by atoms with van der Waals surface area (Å²) in [5.74, 6) is 0. The van der Waals surface area contributed by atoms with Crippen molar-refractivity contribution in [3.63, 3.8) is 0 Å². The van der Waals surface area contributed by atoms with Gasteiger partial charge in [-0.3, -0.25) is 0 Å². The third kappa shape index (κ3) is 1.55. The van der Waals surface area contributed by atoms with Gasteiger partial charge in [0.2, 0.25) is 0 Å². The summed E-state index contributed by atoms with van der Waals surface area (Å²) >= 11 is 0. The van der Waals surface area contributed by atoms with Crippen LogP contribution in [0.2, 0.25) is 0 Å². The van der Waals surface area contributed by atoms with Crippen LogP contribution in [0, 0.1) is 13.8 Å². The van der Waals surface area contributed by atoms with E-state index < -0.39 is 0 Å². The van der Waals surface area contributed by atoms with E-state index in [4.69, 9.17) is 0 Å². The molecule has 0 atom stereocenters. The molecule has 0 N–H and O–H groups in total. The minimum atomic E-state index is 0. The minimum Gasteiger partial charge on any atom is -0.0619 e. The van der Waals surface area contributed by atoms with Gasteiger partial charge < -0.3 is 0 Å². The van der Waals surface area contributed by atoms with Crippen molar-refractivity contribution in [1.29, 1.82) is 0 Å². The number of hydrogen-bond acceptors (Lipinski definition) is 0. The largest absolute Gasteiger partial charge is 0.0619 e. The molecule has 0 nitrogen and oxygen atoms in total. The van der Waals surface area contributed by atoms with E-state index in [2.05, 4.69) is 50.2 Å². The first kappa shape index (κ1) is 11.5. The molecule has 2 aromatic carbocycles. The predicted molar refractivity (Wildman–Crippen MR) is 64.2 cm³/mol. The molecular formula is C15H14Ru. The van der Waals surface area contributed by atoms with Crippen molar-refractivity contribution in [2.45, 2.75) is 20.3 Å². The molecule has 16 heavy (non-hydrogen) atoms. The summed E-state index contributed by atoms with van der Waals surface area (Å²) in [6.45, 7) is 4.43. The summed E-state index contributed by atoms with van der Waals surface area (Å²) in [4.78, 5) is 0. The van der Waals surface area contributed by atoms with Gasteiger partial charge in [0.25, 0.3) is 0 Å². The van der Waals surface area contributed by atoms with E-state index in [1.807, 2.05) is 0 Å². The molecule has 0 amide bonds. The molecule has 0 saturated heterocycles. The zero-order chi connectivity index (χ0) is 10.4. The predicted octanol–water partition coefficient (Wildman–Crippen LogP) is 3.87. The summed E-state index contributed by atoms with van der Waals surface area (Å²) in [5, 5.41) is 0. The van der Waals surface area contributed by atoms with E-state index in [-0.39, 0.29) is 19.5 Å². The maximum Gasteiger partial charge on any atom is 0 e. The van der Waals surface area contributed by atoms with Gasteiger partial charge in [0, 0.05) is 19.5 Å². The van der Waals surface area contributed by atoms with Crippen molar-refractivity contribution >= 4 is 0 Å². The van der Waals surface area contributed by atoms with Crippen molar-refractivity contribution < 1.29 is 19.5 Å². The Labute approximate surface area is 109 Å². The van der Waals surface area contributed by atoms with Crippen LogP contribution >= 0.6 is 0 Å². The van der Waals surface area contributed by atoms with Crippen LogP contribution in [-0.2, 0) is 25.9 Å². The average Bonchev–Trinajstić information content (AvgIpc) is 2.63. The van der Waals surface area contributed by atoms with Crippen LogP contribution in [0.15, 0.2) is 36.4 Å². The fourth-order valence-electron chi connectivity index (χ4n) is 2.48. The molecule has 0 bridgehead atoms. The smallest absolute Gasteiger partial charge is 0 e. The van der Waals surface area contributed by atoms with Crippen molar-refractivity contribution in [3.8, 4) is 11.1 Å². The van der Waals surface area contributed by atoms with Crippen LogP contribution in [0.25, 0.3) is 11.1 Å². The van der Waals surface area contributed by atoms with E-state index in [9.17, 15) is 0 Å². The molecule has 0 aromatic heterocycles. The SMILES string of the molecule is Cc1ccc2c(c1C)Cc1ccccc1-2.[Ru]. The Balaban J connectivity index is 0.000000963. The molecule has 0 radical (unpaired) electrons. The number of aryl methyl sites for hydroxylation is 1. The normalized spacial score (nSPS) is 11.6. The molecule has 1 heteroatoms. The fourth-order valence-corrected chi connectivity index (χ4v) is 2.48. The summed E-state index contributed by atoms with van der Waals surface area (Å²) in [7, 11) is 0. The Bertz CT molecular complexity index is 541. The van der Waals surface area contributed by atoms with Crippen LogP contribution in [0.1, 0.15) is 22.3 Å². The Kier molecular flexibility index (Phi) is 2.99. The maximum absolute atomic E-state index is 2.27. The molecule has 0 fully saturated rings. The third-order valence-corrected chi connectivity index (χ3v) is 3.54. The van der Waals surface area contributed by atoms with Crippen molar-refractivity contribution in [2.75, 3.05) is 0 Å². The first-order chi connectivity index (χ1) is 7.27. The standard InChI is InChI=1S/C15H14.Ru/c1-10-7-8-14-13-6-4-3-5-12(13)9-15(14)11(10)2;/h3-8H,9H2,1-2H3;. The zero-order valence-corrected chi connectivity index (χ0v) is 11.3. The van der Waals surface area contributed by atoms with Crippen molar-refractivity contribution in [1.82, 2.24) is 0 Å². The molecule has 0 spiro atoms. The molecule has 1 aliphatic carbocycles. The van der Waals surface area contributed by atoms with E-state index in [1.165, 1.54) is 33.4 Å². The first-order valence-electron chi connectivity index (χ1n) is 5.45. The van der Waals surface area contributed by atoms with Gasteiger partial charge in [0.15, 0.2) is 0 Å². The molecule has 3 rings (SSSR count). The minimum absolute atomic E-state index is 0. The number of hydrogen-bond donors (Lipinski definition) is 0. The quantitative estimate of drug-likeness (QED) is 0.552. The molecule has 0 saturated carbocycles. The molecule has 0 unspecified atom stereocenters. The first-order valence-corrected chi connectivity index (χ1v) is 5.45. The number of benzene rings is 2. The Morgan fingerprint density at radius 2 is 1.62 bits per heavy atom. The van der Waals surface area contributed by atoms with Crippen LogP contribution in [0.4, 0.5) is 0 Å². The zero-order valence-electron chi connectivity index (χ0n) is 9.52. The number of rotatable bonds is 0. The van der Waals surface area contributed by atoms with Crippen molar-refractivity contribution in [2.24, 2.45) is 0 Å². The van der Waals surface area contributed by atoms with Crippen molar-refractivity contribution in [3.05, 3.63) is 58.7 Å². The second-order valence-corrected chi connectivity index (χ2v) is 4.37. The van der Waals surface area contributed by atoms with Crippen LogP contribution < -0.4 is 0 Å². The summed E-state index contributed by atoms with van der Waals surface area (Å²) in [6, 6.07) is 13.2. The van der Waals surface area contributed by atoms with E-state index in [0.717, 1.165) is 6.42 Å².